The first-order valence-electron chi connectivity index (χ1n) is 7.20. The molecule has 3 N–H and O–H groups in total. The van der Waals surface area contributed by atoms with E-state index in [-0.39, 0.29) is 11.6 Å². The molecule has 3 rings (SSSR count). The smallest absolute Gasteiger partial charge is 0.0928 e. The van der Waals surface area contributed by atoms with Crippen molar-refractivity contribution in [1.82, 2.24) is 14.2 Å². The van der Waals surface area contributed by atoms with Crippen LogP contribution in [0, 0.1) is 5.92 Å². The predicted octanol–water partition coefficient (Wildman–Crippen LogP) is 2.17. The van der Waals surface area contributed by atoms with E-state index in [4.69, 9.17) is 10.6 Å². The Morgan fingerprint density at radius 1 is 1.42 bits per heavy atom. The topological polar surface area (TPSA) is 73.1 Å². The van der Waals surface area contributed by atoms with Crippen LogP contribution in [0.1, 0.15) is 56.7 Å². The van der Waals surface area contributed by atoms with Gasteiger partial charge in [0.15, 0.2) is 0 Å². The Labute approximate surface area is 118 Å². The number of ether oxygens (including phenoxy) is 1. The molecule has 1 saturated heterocycles. The SMILES string of the molecule is NNC(c1cnsn1)C1CCOC2(CCCCC2)C1. The van der Waals surface area contributed by atoms with Gasteiger partial charge in [-0.2, -0.15) is 8.75 Å². The summed E-state index contributed by atoms with van der Waals surface area (Å²) >= 11 is 1.25. The maximum atomic E-state index is 6.15. The van der Waals surface area contributed by atoms with Gasteiger partial charge in [0.1, 0.15) is 0 Å². The molecular formula is C13H22N4OS. The summed E-state index contributed by atoms with van der Waals surface area (Å²) in [6.07, 6.45) is 10.3. The van der Waals surface area contributed by atoms with Gasteiger partial charge in [-0.25, -0.2) is 0 Å². The number of hydrogen-bond acceptors (Lipinski definition) is 6. The van der Waals surface area contributed by atoms with Crippen LogP contribution in [0.15, 0.2) is 6.20 Å². The summed E-state index contributed by atoms with van der Waals surface area (Å²) in [6, 6.07) is 0.112. The Morgan fingerprint density at radius 2 is 2.26 bits per heavy atom. The summed E-state index contributed by atoms with van der Waals surface area (Å²) in [5.41, 5.74) is 4.03. The molecule has 2 fully saturated rings. The molecule has 1 spiro atoms. The van der Waals surface area contributed by atoms with Crippen LogP contribution in [0.5, 0.6) is 0 Å². The fourth-order valence-electron chi connectivity index (χ4n) is 3.67. The minimum atomic E-state index is 0.111. The summed E-state index contributed by atoms with van der Waals surface area (Å²) in [4.78, 5) is 0. The van der Waals surface area contributed by atoms with Crippen LogP contribution in [0.25, 0.3) is 0 Å². The number of rotatable bonds is 3. The fraction of sp³-hybridized carbons (Fsp3) is 0.846. The van der Waals surface area contributed by atoms with Crippen molar-refractivity contribution in [2.75, 3.05) is 6.61 Å². The summed E-state index contributed by atoms with van der Waals surface area (Å²) < 4.78 is 14.6. The molecular weight excluding hydrogens is 260 g/mol. The quantitative estimate of drug-likeness (QED) is 0.656. The first-order chi connectivity index (χ1) is 9.33. The molecule has 1 aromatic rings. The van der Waals surface area contributed by atoms with Crippen molar-refractivity contribution in [3.05, 3.63) is 11.9 Å². The van der Waals surface area contributed by atoms with Gasteiger partial charge in [0.05, 0.1) is 35.3 Å². The molecule has 1 aliphatic carbocycles. The summed E-state index contributed by atoms with van der Waals surface area (Å²) in [5, 5.41) is 0. The Morgan fingerprint density at radius 3 is 2.95 bits per heavy atom. The van der Waals surface area contributed by atoms with Crippen molar-refractivity contribution in [1.29, 1.82) is 0 Å². The third kappa shape index (κ3) is 2.81. The molecule has 2 aliphatic rings. The van der Waals surface area contributed by atoms with Gasteiger partial charge in [0, 0.05) is 6.61 Å². The molecule has 0 radical (unpaired) electrons. The molecule has 1 aliphatic heterocycles. The molecule has 2 atom stereocenters. The van der Waals surface area contributed by atoms with Crippen molar-refractivity contribution in [2.45, 2.75) is 56.6 Å². The third-order valence-electron chi connectivity index (χ3n) is 4.64. The van der Waals surface area contributed by atoms with Crippen molar-refractivity contribution in [2.24, 2.45) is 11.8 Å². The van der Waals surface area contributed by atoms with Crippen molar-refractivity contribution in [3.8, 4) is 0 Å². The highest BCUT2D eigenvalue weighted by Crippen LogP contribution is 2.43. The molecule has 1 saturated carbocycles. The Bertz CT molecular complexity index is 386. The molecule has 2 unspecified atom stereocenters. The first kappa shape index (κ1) is 13.4. The lowest BCUT2D eigenvalue weighted by atomic mass is 9.74. The van der Waals surface area contributed by atoms with Gasteiger partial charge in [-0.1, -0.05) is 19.3 Å². The molecule has 106 valence electrons. The number of nitrogens with zero attached hydrogens (tertiary/aromatic N) is 2. The number of nitrogens with one attached hydrogen (secondary N) is 1. The normalized spacial score (nSPS) is 28.4. The average Bonchev–Trinajstić information content (AvgIpc) is 2.95. The first-order valence-corrected chi connectivity index (χ1v) is 7.94. The lowest BCUT2D eigenvalue weighted by Gasteiger charge is -2.45. The number of nitrogens with two attached hydrogens (primary N) is 1. The Kier molecular flexibility index (Phi) is 4.12. The maximum absolute atomic E-state index is 6.15. The van der Waals surface area contributed by atoms with Gasteiger partial charge >= 0.3 is 0 Å². The van der Waals surface area contributed by atoms with E-state index in [0.717, 1.165) is 25.1 Å². The van der Waals surface area contributed by atoms with E-state index in [0.29, 0.717) is 5.92 Å². The Balaban J connectivity index is 1.73. The highest BCUT2D eigenvalue weighted by molar-refractivity contribution is 6.99. The maximum Gasteiger partial charge on any atom is 0.0928 e. The minimum absolute atomic E-state index is 0.111. The largest absolute Gasteiger partial charge is 0.375 e. The lowest BCUT2D eigenvalue weighted by Crippen LogP contribution is -2.46. The number of aromatic nitrogens is 2. The lowest BCUT2D eigenvalue weighted by molar-refractivity contribution is -0.122. The highest BCUT2D eigenvalue weighted by Gasteiger charge is 2.41. The molecule has 6 heteroatoms. The highest BCUT2D eigenvalue weighted by atomic mass is 32.1. The average molecular weight is 282 g/mol. The van der Waals surface area contributed by atoms with Crippen molar-refractivity contribution in [3.63, 3.8) is 0 Å². The van der Waals surface area contributed by atoms with E-state index < -0.39 is 0 Å². The van der Waals surface area contributed by atoms with Crippen LogP contribution < -0.4 is 11.3 Å². The minimum Gasteiger partial charge on any atom is -0.375 e. The molecule has 0 amide bonds. The second-order valence-electron chi connectivity index (χ2n) is 5.82. The van der Waals surface area contributed by atoms with Crippen molar-refractivity contribution < 1.29 is 4.74 Å². The van der Waals surface area contributed by atoms with Gasteiger partial charge < -0.3 is 4.74 Å². The standard InChI is InChI=1S/C13H22N4OS/c14-16-12(11-9-15-19-17-11)10-4-7-18-13(8-10)5-2-1-3-6-13/h9-10,12,16H,1-8,14H2. The predicted molar refractivity (Wildman–Crippen MR) is 74.5 cm³/mol. The summed E-state index contributed by atoms with van der Waals surface area (Å²) in [5.74, 6) is 6.26. The van der Waals surface area contributed by atoms with Gasteiger partial charge in [-0.15, -0.1) is 0 Å². The number of hydrazine groups is 1. The van der Waals surface area contributed by atoms with E-state index in [1.807, 2.05) is 6.20 Å². The van der Waals surface area contributed by atoms with Crippen LogP contribution in [0.4, 0.5) is 0 Å². The zero-order valence-corrected chi connectivity index (χ0v) is 12.0. The fourth-order valence-corrected chi connectivity index (χ4v) is 4.12. The van der Waals surface area contributed by atoms with Crippen LogP contribution in [-0.2, 0) is 4.74 Å². The second-order valence-corrected chi connectivity index (χ2v) is 6.38. The summed E-state index contributed by atoms with van der Waals surface area (Å²) in [7, 11) is 0. The number of hydrogen-bond donors (Lipinski definition) is 2. The van der Waals surface area contributed by atoms with Crippen LogP contribution >= 0.6 is 11.7 Å². The monoisotopic (exact) mass is 282 g/mol. The van der Waals surface area contributed by atoms with E-state index >= 15 is 0 Å². The molecule has 5 nitrogen and oxygen atoms in total. The molecule has 0 aromatic carbocycles. The van der Waals surface area contributed by atoms with E-state index in [2.05, 4.69) is 14.2 Å². The van der Waals surface area contributed by atoms with Crippen LogP contribution in [0.3, 0.4) is 0 Å². The van der Waals surface area contributed by atoms with Gasteiger partial charge in [0.2, 0.25) is 0 Å². The van der Waals surface area contributed by atoms with Gasteiger partial charge in [0.25, 0.3) is 0 Å². The van der Waals surface area contributed by atoms with Crippen LogP contribution in [0.2, 0.25) is 0 Å². The molecule has 0 bridgehead atoms. The van der Waals surface area contributed by atoms with E-state index in [1.165, 1.54) is 43.8 Å². The second kappa shape index (κ2) is 5.83. The summed E-state index contributed by atoms with van der Waals surface area (Å²) in [6.45, 7) is 0.848. The Hall–Kier alpha value is -0.560. The zero-order valence-electron chi connectivity index (χ0n) is 11.2. The van der Waals surface area contributed by atoms with Gasteiger partial charge in [-0.05, 0) is 31.6 Å². The third-order valence-corrected chi connectivity index (χ3v) is 5.14. The molecule has 1 aromatic heterocycles. The van der Waals surface area contributed by atoms with Gasteiger partial charge in [-0.3, -0.25) is 11.3 Å². The van der Waals surface area contributed by atoms with E-state index in [9.17, 15) is 0 Å². The zero-order chi connectivity index (χ0) is 13.1. The van der Waals surface area contributed by atoms with Crippen molar-refractivity contribution >= 4 is 11.7 Å². The van der Waals surface area contributed by atoms with Crippen LogP contribution in [-0.4, -0.2) is 21.0 Å². The molecule has 19 heavy (non-hydrogen) atoms. The van der Waals surface area contributed by atoms with E-state index in [1.54, 1.807) is 0 Å². The molecule has 2 heterocycles.